The van der Waals surface area contributed by atoms with Crippen molar-refractivity contribution in [2.45, 2.75) is 83.1 Å². The summed E-state index contributed by atoms with van der Waals surface area (Å²) in [6, 6.07) is 21.4. The third-order valence-electron chi connectivity index (χ3n) is 10.3. The van der Waals surface area contributed by atoms with Crippen molar-refractivity contribution < 1.29 is 38.2 Å². The number of rotatable bonds is 16. The number of benzene rings is 4. The largest absolute Gasteiger partial charge is 0.494 e. The number of aryl methyl sites for hydroxylation is 2. The molecule has 16 heteroatoms. The van der Waals surface area contributed by atoms with E-state index >= 15 is 0 Å². The van der Waals surface area contributed by atoms with E-state index in [9.17, 15) is 29.8 Å². The molecule has 364 valence electrons. The van der Waals surface area contributed by atoms with Crippen LogP contribution in [0.5, 0.6) is 0 Å². The number of esters is 2. The van der Waals surface area contributed by atoms with Gasteiger partial charge in [0.1, 0.15) is 11.4 Å². The first-order valence-electron chi connectivity index (χ1n) is 22.7. The van der Waals surface area contributed by atoms with E-state index in [0.717, 1.165) is 41.8 Å². The minimum absolute atomic E-state index is 0.0340. The van der Waals surface area contributed by atoms with Crippen LogP contribution in [-0.4, -0.2) is 82.5 Å². The van der Waals surface area contributed by atoms with Gasteiger partial charge in [0.05, 0.1) is 35.2 Å². The Bertz CT molecular complexity index is 2290. The highest BCUT2D eigenvalue weighted by Crippen LogP contribution is 2.36. The standard InChI is InChI=1S/C23H30N2O4.C19H31BN2O4.C9H9BrO2/c1-15(2)13-24(14-16(3)4)21-10-8-18(12-22(21)25(27)28)20-11-17(5)7-9-19(20)23(26)29-6;1-14(2)10-21(11-15(3)4)17-8-7-16(9-18(17)22(23)24)20-25-12-19(5,6)13-26-20;1-6-3-4-7(8(10)5-6)9(11)12-2/h7-12,15-16H,13-14H2,1-6H3;7-9,14-15H,10-13H2,1-6H3;3-5H,1-2H3. The zero-order valence-corrected chi connectivity index (χ0v) is 43.4. The van der Waals surface area contributed by atoms with Gasteiger partial charge in [0, 0.05) is 61.4 Å². The summed E-state index contributed by atoms with van der Waals surface area (Å²) >= 11 is 3.29. The molecule has 5 rings (SSSR count). The van der Waals surface area contributed by atoms with Crippen LogP contribution in [0.1, 0.15) is 101 Å². The van der Waals surface area contributed by atoms with E-state index in [1.807, 2.05) is 56.3 Å². The number of nitro benzene ring substituents is 2. The highest BCUT2D eigenvalue weighted by Gasteiger charge is 2.35. The van der Waals surface area contributed by atoms with Crippen molar-refractivity contribution in [3.8, 4) is 11.1 Å². The van der Waals surface area contributed by atoms with Crippen LogP contribution in [-0.2, 0) is 18.8 Å². The molecule has 1 fully saturated rings. The van der Waals surface area contributed by atoms with Crippen LogP contribution in [0, 0.1) is 63.2 Å². The second-order valence-electron chi connectivity index (χ2n) is 19.5. The first-order chi connectivity index (χ1) is 31.4. The van der Waals surface area contributed by atoms with Gasteiger partial charge in [-0.15, -0.1) is 0 Å². The summed E-state index contributed by atoms with van der Waals surface area (Å²) in [5.74, 6) is 0.793. The highest BCUT2D eigenvalue weighted by molar-refractivity contribution is 9.10. The van der Waals surface area contributed by atoms with E-state index in [0.29, 0.717) is 76.0 Å². The van der Waals surface area contributed by atoms with Gasteiger partial charge in [0.2, 0.25) is 0 Å². The quantitative estimate of drug-likeness (QED) is 0.0452. The molecule has 0 radical (unpaired) electrons. The molecule has 67 heavy (non-hydrogen) atoms. The van der Waals surface area contributed by atoms with Gasteiger partial charge < -0.3 is 28.6 Å². The van der Waals surface area contributed by atoms with E-state index in [2.05, 4.69) is 99.7 Å². The van der Waals surface area contributed by atoms with Crippen LogP contribution in [0.15, 0.2) is 77.3 Å². The molecule has 0 aromatic heterocycles. The second-order valence-corrected chi connectivity index (χ2v) is 20.3. The van der Waals surface area contributed by atoms with Gasteiger partial charge in [-0.3, -0.25) is 20.2 Å². The fourth-order valence-electron chi connectivity index (χ4n) is 7.48. The SMILES string of the molecule is CC(C)CN(CC(C)C)c1ccc(B2OCC(C)(C)CO2)cc1[N+](=O)[O-].COC(=O)c1ccc(C)cc1-c1ccc(N(CC(C)C)CC(C)C)c([N+](=O)[O-])c1.COC(=O)c1ccc(C)cc1Br. The van der Waals surface area contributed by atoms with Crippen molar-refractivity contribution in [3.63, 3.8) is 0 Å². The zero-order valence-electron chi connectivity index (χ0n) is 41.8. The molecule has 0 aliphatic carbocycles. The highest BCUT2D eigenvalue weighted by atomic mass is 79.9. The Morgan fingerprint density at radius 3 is 1.51 bits per heavy atom. The molecule has 0 bridgehead atoms. The Morgan fingerprint density at radius 2 is 1.07 bits per heavy atom. The lowest BCUT2D eigenvalue weighted by molar-refractivity contribution is -0.384. The smallest absolute Gasteiger partial charge is 0.465 e. The number of carbonyl (C=O) groups is 2. The van der Waals surface area contributed by atoms with Gasteiger partial charge in [-0.05, 0) is 106 Å². The average molecular weight is 990 g/mol. The summed E-state index contributed by atoms with van der Waals surface area (Å²) in [4.78, 5) is 50.5. The molecule has 14 nitrogen and oxygen atoms in total. The Labute approximate surface area is 406 Å². The fraction of sp³-hybridized carbons (Fsp3) is 0.490. The summed E-state index contributed by atoms with van der Waals surface area (Å²) < 4.78 is 21.8. The molecule has 1 saturated heterocycles. The number of nitrogens with zero attached hydrogens (tertiary/aromatic N) is 4. The van der Waals surface area contributed by atoms with Crippen LogP contribution >= 0.6 is 15.9 Å². The summed E-state index contributed by atoms with van der Waals surface area (Å²) in [6.07, 6.45) is 0. The minimum atomic E-state index is -0.542. The molecule has 0 saturated carbocycles. The summed E-state index contributed by atoms with van der Waals surface area (Å²) in [5, 5.41) is 23.6. The topological polar surface area (TPSA) is 164 Å². The number of anilines is 2. The van der Waals surface area contributed by atoms with E-state index < -0.39 is 13.1 Å². The maximum absolute atomic E-state index is 12.2. The first-order valence-corrected chi connectivity index (χ1v) is 23.5. The van der Waals surface area contributed by atoms with Crippen molar-refractivity contribution in [2.24, 2.45) is 29.1 Å². The molecule has 4 aromatic rings. The van der Waals surface area contributed by atoms with E-state index in [1.54, 1.807) is 30.3 Å². The number of hydrogen-bond donors (Lipinski definition) is 0. The molecular weight excluding hydrogens is 919 g/mol. The molecular formula is C51H70BBrN4O10. The zero-order chi connectivity index (χ0) is 50.3. The van der Waals surface area contributed by atoms with Crippen molar-refractivity contribution in [1.29, 1.82) is 0 Å². The van der Waals surface area contributed by atoms with E-state index in [4.69, 9.17) is 14.0 Å². The fourth-order valence-corrected chi connectivity index (χ4v) is 8.13. The number of methoxy groups -OCH3 is 2. The molecule has 1 aliphatic rings. The van der Waals surface area contributed by atoms with Crippen molar-refractivity contribution in [1.82, 2.24) is 0 Å². The molecule has 0 atom stereocenters. The maximum atomic E-state index is 12.2. The normalized spacial score (nSPS) is 13.1. The Morgan fingerprint density at radius 1 is 0.657 bits per heavy atom. The molecule has 0 N–H and O–H groups in total. The van der Waals surface area contributed by atoms with Crippen LogP contribution in [0.2, 0.25) is 0 Å². The Balaban J connectivity index is 0.000000287. The average Bonchev–Trinajstić information content (AvgIpc) is 3.24. The molecule has 1 aliphatic heterocycles. The summed E-state index contributed by atoms with van der Waals surface area (Å²) in [5.41, 5.74) is 6.36. The van der Waals surface area contributed by atoms with Crippen molar-refractivity contribution in [3.05, 3.63) is 120 Å². The summed E-state index contributed by atoms with van der Waals surface area (Å²) in [7, 11) is 2.15. The second kappa shape index (κ2) is 25.7. The third kappa shape index (κ3) is 17.1. The molecule has 0 amide bonds. The lowest BCUT2D eigenvalue weighted by atomic mass is 9.75. The van der Waals surface area contributed by atoms with Crippen LogP contribution in [0.25, 0.3) is 11.1 Å². The Hall–Kier alpha value is -5.32. The third-order valence-corrected chi connectivity index (χ3v) is 11.0. The van der Waals surface area contributed by atoms with Gasteiger partial charge in [-0.2, -0.15) is 0 Å². The minimum Gasteiger partial charge on any atom is -0.465 e. The van der Waals surface area contributed by atoms with E-state index in [-0.39, 0.29) is 32.6 Å². The van der Waals surface area contributed by atoms with Crippen LogP contribution in [0.3, 0.4) is 0 Å². The van der Waals surface area contributed by atoms with Crippen molar-refractivity contribution >= 4 is 63.2 Å². The predicted octanol–water partition coefficient (Wildman–Crippen LogP) is 11.5. The van der Waals surface area contributed by atoms with E-state index in [1.165, 1.54) is 14.2 Å². The first kappa shape index (κ1) is 56.0. The van der Waals surface area contributed by atoms with Gasteiger partial charge in [0.25, 0.3) is 11.4 Å². The molecule has 0 unspecified atom stereocenters. The molecule has 0 spiro atoms. The number of halogens is 1. The van der Waals surface area contributed by atoms with Crippen molar-refractivity contribution in [2.75, 3.05) is 63.4 Å². The molecule has 1 heterocycles. The van der Waals surface area contributed by atoms with Gasteiger partial charge in [-0.1, -0.05) is 105 Å². The van der Waals surface area contributed by atoms with Gasteiger partial charge in [0.15, 0.2) is 0 Å². The summed E-state index contributed by atoms with van der Waals surface area (Å²) in [6.45, 7) is 29.1. The van der Waals surface area contributed by atoms with Gasteiger partial charge >= 0.3 is 19.1 Å². The maximum Gasteiger partial charge on any atom is 0.494 e. The van der Waals surface area contributed by atoms with Gasteiger partial charge in [-0.25, -0.2) is 9.59 Å². The Kier molecular flexibility index (Phi) is 21.5. The monoisotopic (exact) mass is 988 g/mol. The lowest BCUT2D eigenvalue weighted by Crippen LogP contribution is -2.47. The number of ether oxygens (including phenoxy) is 2. The number of hydrogen-bond acceptors (Lipinski definition) is 12. The number of carbonyl (C=O) groups excluding carboxylic acids is 2. The molecule has 4 aromatic carbocycles. The lowest BCUT2D eigenvalue weighted by Gasteiger charge is -2.33. The number of nitro groups is 2. The predicted molar refractivity (Wildman–Crippen MR) is 273 cm³/mol. The van der Waals surface area contributed by atoms with Crippen LogP contribution < -0.4 is 15.3 Å². The van der Waals surface area contributed by atoms with Crippen LogP contribution in [0.4, 0.5) is 22.7 Å².